The van der Waals surface area contributed by atoms with Crippen molar-refractivity contribution in [1.82, 2.24) is 14.9 Å². The summed E-state index contributed by atoms with van der Waals surface area (Å²) in [6.45, 7) is 7.26. The van der Waals surface area contributed by atoms with Crippen LogP contribution in [-0.4, -0.2) is 40.0 Å². The maximum Gasteiger partial charge on any atom is 0.262 e. The van der Waals surface area contributed by atoms with Crippen molar-refractivity contribution in [3.63, 3.8) is 0 Å². The number of nitrogens with one attached hydrogen (secondary N) is 1. The van der Waals surface area contributed by atoms with Gasteiger partial charge in [-0.2, -0.15) is 0 Å². The predicted molar refractivity (Wildman–Crippen MR) is 113 cm³/mol. The number of nitrogens with zero attached hydrogens (tertiary/aromatic N) is 2. The van der Waals surface area contributed by atoms with E-state index in [-0.39, 0.29) is 29.4 Å². The molecule has 2 heterocycles. The Morgan fingerprint density at radius 1 is 1.43 bits per heavy atom. The molecular formula is C20H26ClN3O3S. The SMILES string of the molecule is CC(C)[C@H](C)NC(=O)CSc1nc2cc(Cl)ccc2c(=O)n1C[C@@H]1CCCO1. The van der Waals surface area contributed by atoms with Crippen LogP contribution in [0.5, 0.6) is 0 Å². The van der Waals surface area contributed by atoms with Gasteiger partial charge in [-0.1, -0.05) is 37.2 Å². The zero-order chi connectivity index (χ0) is 20.3. The first-order valence-corrected chi connectivity index (χ1v) is 11.0. The number of aromatic nitrogens is 2. The second-order valence-electron chi connectivity index (χ2n) is 7.50. The third kappa shape index (κ3) is 5.07. The lowest BCUT2D eigenvalue weighted by Gasteiger charge is -2.18. The molecule has 1 amide bonds. The molecule has 1 aromatic carbocycles. The minimum absolute atomic E-state index is 0.00149. The van der Waals surface area contributed by atoms with Gasteiger partial charge in [0.2, 0.25) is 5.91 Å². The summed E-state index contributed by atoms with van der Waals surface area (Å²) in [6, 6.07) is 5.16. The monoisotopic (exact) mass is 423 g/mol. The number of halogens is 1. The highest BCUT2D eigenvalue weighted by molar-refractivity contribution is 7.99. The lowest BCUT2D eigenvalue weighted by atomic mass is 10.1. The largest absolute Gasteiger partial charge is 0.376 e. The molecule has 0 spiro atoms. The van der Waals surface area contributed by atoms with E-state index in [2.05, 4.69) is 24.1 Å². The van der Waals surface area contributed by atoms with E-state index in [1.54, 1.807) is 22.8 Å². The lowest BCUT2D eigenvalue weighted by molar-refractivity contribution is -0.119. The van der Waals surface area contributed by atoms with Crippen molar-refractivity contribution in [2.75, 3.05) is 12.4 Å². The van der Waals surface area contributed by atoms with E-state index in [0.29, 0.717) is 40.2 Å². The number of carbonyl (C=O) groups is 1. The third-order valence-corrected chi connectivity index (χ3v) is 6.23. The molecule has 1 aliphatic heterocycles. The number of hydrogen-bond acceptors (Lipinski definition) is 5. The number of amides is 1. The van der Waals surface area contributed by atoms with E-state index in [9.17, 15) is 9.59 Å². The van der Waals surface area contributed by atoms with E-state index >= 15 is 0 Å². The molecule has 8 heteroatoms. The van der Waals surface area contributed by atoms with Crippen LogP contribution >= 0.6 is 23.4 Å². The van der Waals surface area contributed by atoms with Crippen molar-refractivity contribution in [2.45, 2.75) is 57.5 Å². The van der Waals surface area contributed by atoms with Crippen molar-refractivity contribution >= 4 is 40.2 Å². The number of ether oxygens (including phenoxy) is 1. The Morgan fingerprint density at radius 2 is 2.21 bits per heavy atom. The predicted octanol–water partition coefficient (Wildman–Crippen LogP) is 3.48. The van der Waals surface area contributed by atoms with Gasteiger partial charge in [0.1, 0.15) is 0 Å². The second-order valence-corrected chi connectivity index (χ2v) is 8.87. The van der Waals surface area contributed by atoms with Gasteiger partial charge in [-0.25, -0.2) is 4.98 Å². The van der Waals surface area contributed by atoms with E-state index < -0.39 is 0 Å². The van der Waals surface area contributed by atoms with Crippen LogP contribution in [0.1, 0.15) is 33.6 Å². The summed E-state index contributed by atoms with van der Waals surface area (Å²) in [4.78, 5) is 30.0. The molecule has 2 atom stereocenters. The second kappa shape index (κ2) is 9.29. The molecule has 28 heavy (non-hydrogen) atoms. The van der Waals surface area contributed by atoms with Gasteiger partial charge < -0.3 is 10.1 Å². The summed E-state index contributed by atoms with van der Waals surface area (Å²) in [5, 5.41) is 4.54. The van der Waals surface area contributed by atoms with Crippen LogP contribution < -0.4 is 10.9 Å². The first kappa shape index (κ1) is 21.1. The molecule has 0 radical (unpaired) electrons. The average molecular weight is 424 g/mol. The highest BCUT2D eigenvalue weighted by Gasteiger charge is 2.21. The van der Waals surface area contributed by atoms with Crippen LogP contribution in [0.15, 0.2) is 28.2 Å². The zero-order valence-electron chi connectivity index (χ0n) is 16.4. The van der Waals surface area contributed by atoms with Gasteiger partial charge in [0, 0.05) is 17.7 Å². The Balaban J connectivity index is 1.87. The molecule has 1 saturated heterocycles. The lowest BCUT2D eigenvalue weighted by Crippen LogP contribution is -2.37. The number of fused-ring (bicyclic) bond motifs is 1. The fraction of sp³-hybridized carbons (Fsp3) is 0.550. The summed E-state index contributed by atoms with van der Waals surface area (Å²) in [5.74, 6) is 0.476. The number of hydrogen-bond donors (Lipinski definition) is 1. The quantitative estimate of drug-likeness (QED) is 0.545. The Labute approximate surface area is 174 Å². The Bertz CT molecular complexity index is 909. The molecule has 1 aromatic heterocycles. The Kier molecular flexibility index (Phi) is 7.01. The molecule has 1 aliphatic rings. The van der Waals surface area contributed by atoms with Gasteiger partial charge in [-0.3, -0.25) is 14.2 Å². The standard InChI is InChI=1S/C20H26ClN3O3S/c1-12(2)13(3)22-18(25)11-28-20-23-17-9-14(21)6-7-16(17)19(26)24(20)10-15-5-4-8-27-15/h6-7,9,12-13,15H,4-5,8,10-11H2,1-3H3,(H,22,25)/t13-,15-/m0/s1. The molecular weight excluding hydrogens is 398 g/mol. The van der Waals surface area contributed by atoms with Gasteiger partial charge in [0.15, 0.2) is 5.16 Å². The third-order valence-electron chi connectivity index (χ3n) is 5.01. The fourth-order valence-corrected chi connectivity index (χ4v) is 4.02. The molecule has 6 nitrogen and oxygen atoms in total. The van der Waals surface area contributed by atoms with Crippen molar-refractivity contribution < 1.29 is 9.53 Å². The fourth-order valence-electron chi connectivity index (χ4n) is 3.03. The van der Waals surface area contributed by atoms with Crippen molar-refractivity contribution in [2.24, 2.45) is 5.92 Å². The van der Waals surface area contributed by atoms with E-state index in [1.165, 1.54) is 11.8 Å². The van der Waals surface area contributed by atoms with E-state index in [0.717, 1.165) is 12.8 Å². The maximum absolute atomic E-state index is 13.1. The zero-order valence-corrected chi connectivity index (χ0v) is 18.0. The molecule has 0 unspecified atom stereocenters. The molecule has 3 rings (SSSR count). The number of carbonyl (C=O) groups excluding carboxylic acids is 1. The highest BCUT2D eigenvalue weighted by Crippen LogP contribution is 2.22. The van der Waals surface area contributed by atoms with E-state index in [1.807, 2.05) is 6.92 Å². The van der Waals surface area contributed by atoms with E-state index in [4.69, 9.17) is 16.3 Å². The smallest absolute Gasteiger partial charge is 0.262 e. The first-order chi connectivity index (χ1) is 13.3. The van der Waals surface area contributed by atoms with Crippen molar-refractivity contribution in [3.05, 3.63) is 33.6 Å². The highest BCUT2D eigenvalue weighted by atomic mass is 35.5. The van der Waals surface area contributed by atoms with Gasteiger partial charge in [0.25, 0.3) is 5.56 Å². The first-order valence-electron chi connectivity index (χ1n) is 9.59. The topological polar surface area (TPSA) is 73.2 Å². The minimum atomic E-state index is -0.129. The van der Waals surface area contributed by atoms with Crippen LogP contribution in [0.25, 0.3) is 10.9 Å². The minimum Gasteiger partial charge on any atom is -0.376 e. The van der Waals surface area contributed by atoms with Gasteiger partial charge in [-0.05, 0) is 43.9 Å². The number of benzene rings is 1. The summed E-state index contributed by atoms with van der Waals surface area (Å²) in [7, 11) is 0. The van der Waals surface area contributed by atoms with Crippen LogP contribution in [-0.2, 0) is 16.1 Å². The Hall–Kier alpha value is -1.57. The summed E-state index contributed by atoms with van der Waals surface area (Å²) < 4.78 is 7.34. The van der Waals surface area contributed by atoms with Crippen LogP contribution in [0.2, 0.25) is 5.02 Å². The average Bonchev–Trinajstić information content (AvgIpc) is 3.15. The molecule has 2 aromatic rings. The molecule has 0 saturated carbocycles. The number of thioether (sulfide) groups is 1. The van der Waals surface area contributed by atoms with Crippen LogP contribution in [0.3, 0.4) is 0 Å². The van der Waals surface area contributed by atoms with Crippen molar-refractivity contribution in [3.8, 4) is 0 Å². The van der Waals surface area contributed by atoms with Gasteiger partial charge in [0.05, 0.1) is 29.3 Å². The molecule has 0 bridgehead atoms. The molecule has 1 fully saturated rings. The van der Waals surface area contributed by atoms with Gasteiger partial charge >= 0.3 is 0 Å². The molecule has 152 valence electrons. The van der Waals surface area contributed by atoms with Crippen LogP contribution in [0.4, 0.5) is 0 Å². The summed E-state index contributed by atoms with van der Waals surface area (Å²) in [6.07, 6.45) is 1.91. The Morgan fingerprint density at radius 3 is 2.89 bits per heavy atom. The molecule has 1 N–H and O–H groups in total. The summed E-state index contributed by atoms with van der Waals surface area (Å²) >= 11 is 7.34. The number of rotatable bonds is 7. The maximum atomic E-state index is 13.1. The molecule has 0 aliphatic carbocycles. The van der Waals surface area contributed by atoms with Gasteiger partial charge in [-0.15, -0.1) is 0 Å². The normalized spacial score (nSPS) is 18.0. The van der Waals surface area contributed by atoms with Crippen LogP contribution in [0, 0.1) is 5.92 Å². The summed E-state index contributed by atoms with van der Waals surface area (Å²) in [5.41, 5.74) is 0.412. The van der Waals surface area contributed by atoms with Crippen molar-refractivity contribution in [1.29, 1.82) is 0 Å².